The second kappa shape index (κ2) is 10.1. The van der Waals surface area contributed by atoms with E-state index in [1.54, 1.807) is 6.92 Å². The standard InChI is InChI=1S/C22H33ClN2O4S/c1-15(26)25-9-8-18-16(14-25)12-17(23)13-19(18)20(24-30(27)22(2,3)4)6-7-21-28-10-5-11-29-21/h12-13,20-21,24H,5-11,14H2,1-4H3. The summed E-state index contributed by atoms with van der Waals surface area (Å²) in [6.07, 6.45) is 2.88. The van der Waals surface area contributed by atoms with Crippen molar-refractivity contribution >= 4 is 28.5 Å². The lowest BCUT2D eigenvalue weighted by Crippen LogP contribution is -2.38. The molecule has 1 N–H and O–H groups in total. The summed E-state index contributed by atoms with van der Waals surface area (Å²) in [7, 11) is -1.24. The van der Waals surface area contributed by atoms with E-state index in [0.29, 0.717) is 37.7 Å². The zero-order chi connectivity index (χ0) is 21.9. The molecule has 2 unspecified atom stereocenters. The van der Waals surface area contributed by atoms with Crippen molar-refractivity contribution < 1.29 is 18.5 Å². The van der Waals surface area contributed by atoms with Gasteiger partial charge in [0.15, 0.2) is 6.29 Å². The fraction of sp³-hybridized carbons (Fsp3) is 0.682. The van der Waals surface area contributed by atoms with Crippen LogP contribution < -0.4 is 4.72 Å². The largest absolute Gasteiger partial charge is 0.353 e. The van der Waals surface area contributed by atoms with Crippen LogP contribution in [0, 0.1) is 0 Å². The van der Waals surface area contributed by atoms with Crippen molar-refractivity contribution in [2.75, 3.05) is 19.8 Å². The molecular formula is C22H33ClN2O4S. The molecule has 2 aliphatic rings. The third-order valence-electron chi connectivity index (χ3n) is 5.55. The highest BCUT2D eigenvalue weighted by molar-refractivity contribution is 7.84. The number of nitrogens with one attached hydrogen (secondary N) is 1. The number of carbonyl (C=O) groups is 1. The molecule has 0 aliphatic carbocycles. The number of fused-ring (bicyclic) bond motifs is 1. The summed E-state index contributed by atoms with van der Waals surface area (Å²) in [5, 5.41) is 0.632. The fourth-order valence-electron chi connectivity index (χ4n) is 3.86. The van der Waals surface area contributed by atoms with Crippen LogP contribution in [0.1, 0.15) is 69.7 Å². The predicted molar refractivity (Wildman–Crippen MR) is 120 cm³/mol. The second-order valence-corrected chi connectivity index (χ2v) is 11.4. The van der Waals surface area contributed by atoms with Crippen LogP contribution in [0.4, 0.5) is 0 Å². The average Bonchev–Trinajstić information content (AvgIpc) is 2.69. The Morgan fingerprint density at radius 1 is 1.33 bits per heavy atom. The van der Waals surface area contributed by atoms with E-state index < -0.39 is 11.0 Å². The second-order valence-electron chi connectivity index (χ2n) is 8.98. The molecule has 0 saturated carbocycles. The van der Waals surface area contributed by atoms with Crippen LogP contribution in [0.2, 0.25) is 5.02 Å². The molecule has 168 valence electrons. The van der Waals surface area contributed by atoms with Gasteiger partial charge >= 0.3 is 0 Å². The van der Waals surface area contributed by atoms with E-state index in [9.17, 15) is 9.00 Å². The van der Waals surface area contributed by atoms with E-state index in [4.69, 9.17) is 21.1 Å². The number of ether oxygens (including phenoxy) is 2. The number of benzene rings is 1. The number of halogens is 1. The molecule has 6 nitrogen and oxygen atoms in total. The summed E-state index contributed by atoms with van der Waals surface area (Å²) in [6, 6.07) is 3.78. The van der Waals surface area contributed by atoms with E-state index in [0.717, 1.165) is 30.4 Å². The summed E-state index contributed by atoms with van der Waals surface area (Å²) in [5.74, 6) is 0.0669. The maximum Gasteiger partial charge on any atom is 0.219 e. The normalized spacial score (nSPS) is 20.0. The van der Waals surface area contributed by atoms with Crippen molar-refractivity contribution in [3.05, 3.63) is 33.8 Å². The van der Waals surface area contributed by atoms with Gasteiger partial charge in [0.25, 0.3) is 0 Å². The third kappa shape index (κ3) is 6.04. The molecule has 1 aromatic carbocycles. The summed E-state index contributed by atoms with van der Waals surface area (Å²) in [6.45, 7) is 10.1. The Balaban J connectivity index is 1.88. The van der Waals surface area contributed by atoms with Crippen molar-refractivity contribution in [2.45, 2.75) is 77.0 Å². The van der Waals surface area contributed by atoms with E-state index in [1.807, 2.05) is 37.8 Å². The Kier molecular flexibility index (Phi) is 7.96. The van der Waals surface area contributed by atoms with Crippen LogP contribution in [0.15, 0.2) is 12.1 Å². The van der Waals surface area contributed by atoms with Crippen LogP contribution in [0.3, 0.4) is 0 Å². The van der Waals surface area contributed by atoms with Crippen LogP contribution in [0.5, 0.6) is 0 Å². The Labute approximate surface area is 187 Å². The van der Waals surface area contributed by atoms with Gasteiger partial charge in [-0.15, -0.1) is 0 Å². The predicted octanol–water partition coefficient (Wildman–Crippen LogP) is 3.88. The zero-order valence-electron chi connectivity index (χ0n) is 18.3. The number of amides is 1. The van der Waals surface area contributed by atoms with Gasteiger partial charge in [-0.1, -0.05) is 11.6 Å². The van der Waals surface area contributed by atoms with Gasteiger partial charge in [-0.25, -0.2) is 8.93 Å². The van der Waals surface area contributed by atoms with Gasteiger partial charge in [-0.05, 0) is 68.9 Å². The SMILES string of the molecule is CC(=O)N1CCc2c(cc(Cl)cc2C(CCC2OCCCO2)NS(=O)C(C)(C)C)C1. The highest BCUT2D eigenvalue weighted by Crippen LogP contribution is 2.34. The molecule has 3 rings (SSSR count). The van der Waals surface area contributed by atoms with Crippen molar-refractivity contribution in [3.8, 4) is 0 Å². The van der Waals surface area contributed by atoms with Crippen molar-refractivity contribution in [2.24, 2.45) is 0 Å². The maximum atomic E-state index is 12.9. The molecule has 2 heterocycles. The molecule has 1 aromatic rings. The first-order valence-corrected chi connectivity index (χ1v) is 12.2. The minimum Gasteiger partial charge on any atom is -0.353 e. The lowest BCUT2D eigenvalue weighted by Gasteiger charge is -2.33. The quantitative estimate of drug-likeness (QED) is 0.705. The number of nitrogens with zero attached hydrogens (tertiary/aromatic N) is 1. The van der Waals surface area contributed by atoms with Gasteiger partial charge in [0, 0.05) is 37.5 Å². The van der Waals surface area contributed by atoms with E-state index in [-0.39, 0.29) is 23.0 Å². The Morgan fingerprint density at radius 3 is 2.67 bits per heavy atom. The lowest BCUT2D eigenvalue weighted by molar-refractivity contribution is -0.182. The van der Waals surface area contributed by atoms with Crippen LogP contribution in [0.25, 0.3) is 0 Å². The number of rotatable bonds is 6. The summed E-state index contributed by atoms with van der Waals surface area (Å²) < 4.78 is 27.3. The zero-order valence-corrected chi connectivity index (χ0v) is 19.9. The fourth-order valence-corrected chi connectivity index (χ4v) is 4.97. The molecule has 30 heavy (non-hydrogen) atoms. The summed E-state index contributed by atoms with van der Waals surface area (Å²) in [5.41, 5.74) is 3.33. The molecule has 1 fully saturated rings. The minimum absolute atomic E-state index is 0.0669. The molecule has 2 aliphatic heterocycles. The molecule has 0 spiro atoms. The van der Waals surface area contributed by atoms with Crippen LogP contribution in [-0.2, 0) is 38.2 Å². The molecule has 1 amide bonds. The molecule has 0 aromatic heterocycles. The molecule has 8 heteroatoms. The summed E-state index contributed by atoms with van der Waals surface area (Å²) >= 11 is 6.47. The molecule has 0 radical (unpaired) electrons. The van der Waals surface area contributed by atoms with E-state index in [1.165, 1.54) is 5.56 Å². The first-order chi connectivity index (χ1) is 14.1. The topological polar surface area (TPSA) is 67.9 Å². The molecule has 2 atom stereocenters. The lowest BCUT2D eigenvalue weighted by atomic mass is 9.89. The molecule has 1 saturated heterocycles. The van der Waals surface area contributed by atoms with Gasteiger partial charge in [0.2, 0.25) is 5.91 Å². The Morgan fingerprint density at radius 2 is 2.03 bits per heavy atom. The Bertz CT molecular complexity index is 790. The van der Waals surface area contributed by atoms with Crippen molar-refractivity contribution in [1.29, 1.82) is 0 Å². The van der Waals surface area contributed by atoms with E-state index in [2.05, 4.69) is 4.72 Å². The minimum atomic E-state index is -1.24. The molecule has 0 bridgehead atoms. The van der Waals surface area contributed by atoms with Gasteiger partial charge in [-0.3, -0.25) is 4.79 Å². The summed E-state index contributed by atoms with van der Waals surface area (Å²) in [4.78, 5) is 13.7. The first kappa shape index (κ1) is 23.7. The number of hydrogen-bond acceptors (Lipinski definition) is 4. The maximum absolute atomic E-state index is 12.9. The highest BCUT2D eigenvalue weighted by Gasteiger charge is 2.29. The average molecular weight is 457 g/mol. The van der Waals surface area contributed by atoms with Gasteiger partial charge in [-0.2, -0.15) is 0 Å². The van der Waals surface area contributed by atoms with Gasteiger partial charge < -0.3 is 14.4 Å². The van der Waals surface area contributed by atoms with Gasteiger partial charge in [0.1, 0.15) is 0 Å². The third-order valence-corrected chi connectivity index (χ3v) is 7.38. The van der Waals surface area contributed by atoms with E-state index >= 15 is 0 Å². The first-order valence-electron chi connectivity index (χ1n) is 10.6. The number of hydrogen-bond donors (Lipinski definition) is 1. The van der Waals surface area contributed by atoms with Crippen LogP contribution >= 0.6 is 11.6 Å². The monoisotopic (exact) mass is 456 g/mol. The smallest absolute Gasteiger partial charge is 0.219 e. The highest BCUT2D eigenvalue weighted by atomic mass is 35.5. The van der Waals surface area contributed by atoms with Crippen LogP contribution in [-0.4, -0.2) is 45.8 Å². The number of carbonyl (C=O) groups excluding carboxylic acids is 1. The Hall–Kier alpha value is -0.990. The van der Waals surface area contributed by atoms with Gasteiger partial charge in [0.05, 0.1) is 28.9 Å². The van der Waals surface area contributed by atoms with Crippen molar-refractivity contribution in [1.82, 2.24) is 9.62 Å². The van der Waals surface area contributed by atoms with Crippen molar-refractivity contribution in [3.63, 3.8) is 0 Å². The molecular weight excluding hydrogens is 424 g/mol.